The zero-order valence-electron chi connectivity index (χ0n) is 9.73. The average Bonchev–Trinajstić information content (AvgIpc) is 2.35. The van der Waals surface area contributed by atoms with E-state index in [9.17, 15) is 4.79 Å². The standard InChI is InChI=1S/C12H16N2O3/c1-8-2-3-9(13)6-10(8)14-12(15)11-7-16-4-5-17-11/h2-3,6,11H,4-5,7,13H2,1H3,(H,14,15). The second kappa shape index (κ2) is 5.16. The first kappa shape index (κ1) is 11.9. The lowest BCUT2D eigenvalue weighted by Gasteiger charge is -2.22. The summed E-state index contributed by atoms with van der Waals surface area (Å²) in [5.74, 6) is -0.196. The van der Waals surface area contributed by atoms with Gasteiger partial charge in [0.1, 0.15) is 0 Å². The quantitative estimate of drug-likeness (QED) is 0.749. The van der Waals surface area contributed by atoms with E-state index in [2.05, 4.69) is 5.32 Å². The van der Waals surface area contributed by atoms with E-state index < -0.39 is 6.10 Å². The van der Waals surface area contributed by atoms with E-state index in [1.165, 1.54) is 0 Å². The first-order chi connectivity index (χ1) is 8.16. The maximum Gasteiger partial charge on any atom is 0.255 e. The predicted octanol–water partition coefficient (Wildman–Crippen LogP) is 0.931. The molecule has 1 atom stereocenters. The summed E-state index contributed by atoms with van der Waals surface area (Å²) in [4.78, 5) is 11.9. The molecule has 5 heteroatoms. The highest BCUT2D eigenvalue weighted by Gasteiger charge is 2.22. The Morgan fingerprint density at radius 2 is 2.29 bits per heavy atom. The van der Waals surface area contributed by atoms with Crippen molar-refractivity contribution < 1.29 is 14.3 Å². The van der Waals surface area contributed by atoms with Gasteiger partial charge in [-0.3, -0.25) is 4.79 Å². The van der Waals surface area contributed by atoms with E-state index in [4.69, 9.17) is 15.2 Å². The topological polar surface area (TPSA) is 73.6 Å². The number of nitrogen functional groups attached to an aromatic ring is 1. The number of carbonyl (C=O) groups excluding carboxylic acids is 1. The van der Waals surface area contributed by atoms with E-state index >= 15 is 0 Å². The fourth-order valence-electron chi connectivity index (χ4n) is 1.63. The second-order valence-corrected chi connectivity index (χ2v) is 4.00. The fourth-order valence-corrected chi connectivity index (χ4v) is 1.63. The highest BCUT2D eigenvalue weighted by atomic mass is 16.6. The Morgan fingerprint density at radius 1 is 1.47 bits per heavy atom. The Morgan fingerprint density at radius 3 is 3.00 bits per heavy atom. The molecular formula is C12H16N2O3. The van der Waals surface area contributed by atoms with Crippen molar-refractivity contribution in [2.75, 3.05) is 30.9 Å². The SMILES string of the molecule is Cc1ccc(N)cc1NC(=O)C1COCCO1. The molecule has 0 aromatic heterocycles. The molecule has 0 spiro atoms. The van der Waals surface area contributed by atoms with Crippen LogP contribution < -0.4 is 11.1 Å². The van der Waals surface area contributed by atoms with Gasteiger partial charge >= 0.3 is 0 Å². The number of rotatable bonds is 2. The summed E-state index contributed by atoms with van der Waals surface area (Å²) in [5.41, 5.74) is 7.97. The third kappa shape index (κ3) is 2.95. The van der Waals surface area contributed by atoms with E-state index in [0.29, 0.717) is 31.2 Å². The number of ether oxygens (including phenoxy) is 2. The van der Waals surface area contributed by atoms with Crippen molar-refractivity contribution in [3.05, 3.63) is 23.8 Å². The van der Waals surface area contributed by atoms with Gasteiger partial charge in [0, 0.05) is 11.4 Å². The van der Waals surface area contributed by atoms with Crippen molar-refractivity contribution in [1.82, 2.24) is 0 Å². The van der Waals surface area contributed by atoms with Gasteiger partial charge in [0.25, 0.3) is 5.91 Å². The van der Waals surface area contributed by atoms with Crippen LogP contribution in [0.1, 0.15) is 5.56 Å². The molecule has 1 aliphatic heterocycles. The van der Waals surface area contributed by atoms with Gasteiger partial charge in [-0.2, -0.15) is 0 Å². The number of aryl methyl sites for hydroxylation is 1. The Bertz CT molecular complexity index is 414. The second-order valence-electron chi connectivity index (χ2n) is 4.00. The molecule has 0 saturated carbocycles. The molecule has 1 unspecified atom stereocenters. The molecule has 1 fully saturated rings. The van der Waals surface area contributed by atoms with Crippen LogP contribution in [0.5, 0.6) is 0 Å². The highest BCUT2D eigenvalue weighted by Crippen LogP contribution is 2.18. The van der Waals surface area contributed by atoms with Crippen LogP contribution in [0.25, 0.3) is 0 Å². The van der Waals surface area contributed by atoms with Crippen molar-refractivity contribution in [1.29, 1.82) is 0 Å². The van der Waals surface area contributed by atoms with E-state index in [0.717, 1.165) is 5.56 Å². The predicted molar refractivity (Wildman–Crippen MR) is 64.8 cm³/mol. The number of hydrogen-bond acceptors (Lipinski definition) is 4. The van der Waals surface area contributed by atoms with Crippen LogP contribution in [0.4, 0.5) is 11.4 Å². The molecule has 5 nitrogen and oxygen atoms in total. The van der Waals surface area contributed by atoms with Crippen molar-refractivity contribution in [2.45, 2.75) is 13.0 Å². The normalized spacial score (nSPS) is 19.9. The molecule has 0 aliphatic carbocycles. The summed E-state index contributed by atoms with van der Waals surface area (Å²) < 4.78 is 10.5. The van der Waals surface area contributed by atoms with Crippen LogP contribution >= 0.6 is 0 Å². The molecular weight excluding hydrogens is 220 g/mol. The maximum atomic E-state index is 11.9. The zero-order valence-corrected chi connectivity index (χ0v) is 9.73. The summed E-state index contributed by atoms with van der Waals surface area (Å²) in [6.07, 6.45) is -0.537. The van der Waals surface area contributed by atoms with Gasteiger partial charge in [0.15, 0.2) is 6.10 Å². The molecule has 1 aliphatic rings. The van der Waals surface area contributed by atoms with Crippen molar-refractivity contribution in [3.63, 3.8) is 0 Å². The summed E-state index contributed by atoms with van der Waals surface area (Å²) in [6, 6.07) is 5.39. The number of nitrogens with one attached hydrogen (secondary N) is 1. The Kier molecular flexibility index (Phi) is 3.61. The van der Waals surface area contributed by atoms with Gasteiger partial charge in [-0.05, 0) is 24.6 Å². The van der Waals surface area contributed by atoms with Crippen LogP contribution in [-0.2, 0) is 14.3 Å². The minimum absolute atomic E-state index is 0.196. The van der Waals surface area contributed by atoms with E-state index in [1.54, 1.807) is 12.1 Å². The number of benzene rings is 1. The zero-order chi connectivity index (χ0) is 12.3. The molecule has 17 heavy (non-hydrogen) atoms. The smallest absolute Gasteiger partial charge is 0.255 e. The fraction of sp³-hybridized carbons (Fsp3) is 0.417. The van der Waals surface area contributed by atoms with Gasteiger partial charge < -0.3 is 20.5 Å². The minimum Gasteiger partial charge on any atom is -0.399 e. The molecule has 1 saturated heterocycles. The van der Waals surface area contributed by atoms with Crippen LogP contribution in [0, 0.1) is 6.92 Å². The third-order valence-electron chi connectivity index (χ3n) is 2.63. The molecule has 0 radical (unpaired) electrons. The minimum atomic E-state index is -0.537. The maximum absolute atomic E-state index is 11.9. The largest absolute Gasteiger partial charge is 0.399 e. The number of carbonyl (C=O) groups is 1. The van der Waals surface area contributed by atoms with Crippen LogP contribution in [0.15, 0.2) is 18.2 Å². The number of nitrogens with two attached hydrogens (primary N) is 1. The van der Waals surface area contributed by atoms with Gasteiger partial charge in [-0.1, -0.05) is 6.07 Å². The lowest BCUT2D eigenvalue weighted by atomic mass is 10.1. The molecule has 1 heterocycles. The summed E-state index contributed by atoms with van der Waals surface area (Å²) in [5, 5.41) is 2.80. The van der Waals surface area contributed by atoms with Crippen molar-refractivity contribution in [2.24, 2.45) is 0 Å². The first-order valence-corrected chi connectivity index (χ1v) is 5.53. The van der Waals surface area contributed by atoms with Crippen LogP contribution in [0.3, 0.4) is 0 Å². The molecule has 1 aromatic rings. The summed E-state index contributed by atoms with van der Waals surface area (Å²) in [6.45, 7) is 3.20. The molecule has 1 amide bonds. The number of amides is 1. The van der Waals surface area contributed by atoms with Gasteiger partial charge in [0.05, 0.1) is 19.8 Å². The average molecular weight is 236 g/mol. The Hall–Kier alpha value is -1.59. The monoisotopic (exact) mass is 236 g/mol. The molecule has 1 aromatic carbocycles. The van der Waals surface area contributed by atoms with Crippen molar-refractivity contribution in [3.8, 4) is 0 Å². The van der Waals surface area contributed by atoms with Gasteiger partial charge in [-0.25, -0.2) is 0 Å². The van der Waals surface area contributed by atoms with E-state index in [1.807, 2.05) is 13.0 Å². The summed E-state index contributed by atoms with van der Waals surface area (Å²) >= 11 is 0. The highest BCUT2D eigenvalue weighted by molar-refractivity contribution is 5.95. The number of anilines is 2. The lowest BCUT2D eigenvalue weighted by molar-refractivity contribution is -0.142. The van der Waals surface area contributed by atoms with Crippen LogP contribution in [-0.4, -0.2) is 31.8 Å². The molecule has 2 rings (SSSR count). The Labute approximate surface area is 99.9 Å². The third-order valence-corrected chi connectivity index (χ3v) is 2.63. The first-order valence-electron chi connectivity index (χ1n) is 5.53. The molecule has 3 N–H and O–H groups in total. The molecule has 92 valence electrons. The molecule has 0 bridgehead atoms. The van der Waals surface area contributed by atoms with Crippen LogP contribution in [0.2, 0.25) is 0 Å². The lowest BCUT2D eigenvalue weighted by Crippen LogP contribution is -2.39. The van der Waals surface area contributed by atoms with Crippen molar-refractivity contribution >= 4 is 17.3 Å². The van der Waals surface area contributed by atoms with E-state index in [-0.39, 0.29) is 5.91 Å². The van der Waals surface area contributed by atoms with Gasteiger partial charge in [0.2, 0.25) is 0 Å². The summed E-state index contributed by atoms with van der Waals surface area (Å²) in [7, 11) is 0. The van der Waals surface area contributed by atoms with Gasteiger partial charge in [-0.15, -0.1) is 0 Å². The number of hydrogen-bond donors (Lipinski definition) is 2. The Balaban J connectivity index is 2.04.